The molecular weight excluding hydrogens is 238 g/mol. The average Bonchev–Trinajstić information content (AvgIpc) is 2.47. The highest BCUT2D eigenvalue weighted by molar-refractivity contribution is 5.46. The standard InChI is InChI=1S/C16H27NO2/c1-5-6-7-8-10-13(17-2)16-14(18-3)11-9-12-15(16)19-4/h9,11-13,17H,5-8,10H2,1-4H3. The monoisotopic (exact) mass is 265 g/mol. The zero-order valence-corrected chi connectivity index (χ0v) is 12.7. The minimum absolute atomic E-state index is 0.281. The summed E-state index contributed by atoms with van der Waals surface area (Å²) < 4.78 is 11.0. The van der Waals surface area contributed by atoms with E-state index in [-0.39, 0.29) is 6.04 Å². The molecule has 3 nitrogen and oxygen atoms in total. The molecule has 0 radical (unpaired) electrons. The largest absolute Gasteiger partial charge is 0.496 e. The molecule has 0 bridgehead atoms. The molecular formula is C16H27NO2. The topological polar surface area (TPSA) is 30.5 Å². The van der Waals surface area contributed by atoms with Gasteiger partial charge in [0, 0.05) is 6.04 Å². The summed E-state index contributed by atoms with van der Waals surface area (Å²) in [6, 6.07) is 6.23. The third-order valence-corrected chi connectivity index (χ3v) is 3.51. The number of nitrogens with one attached hydrogen (secondary N) is 1. The van der Waals surface area contributed by atoms with Crippen molar-refractivity contribution in [3.8, 4) is 11.5 Å². The van der Waals surface area contributed by atoms with Crippen molar-refractivity contribution in [1.29, 1.82) is 0 Å². The third-order valence-electron chi connectivity index (χ3n) is 3.51. The number of ether oxygens (including phenoxy) is 2. The lowest BCUT2D eigenvalue weighted by Crippen LogP contribution is -2.18. The second-order valence-corrected chi connectivity index (χ2v) is 4.77. The lowest BCUT2D eigenvalue weighted by Gasteiger charge is -2.21. The molecule has 1 aromatic carbocycles. The molecule has 0 heterocycles. The van der Waals surface area contributed by atoms with Crippen LogP contribution >= 0.6 is 0 Å². The second kappa shape index (κ2) is 8.81. The molecule has 1 N–H and O–H groups in total. The maximum absolute atomic E-state index is 5.48. The fraction of sp³-hybridized carbons (Fsp3) is 0.625. The van der Waals surface area contributed by atoms with Crippen molar-refractivity contribution in [2.45, 2.75) is 45.1 Å². The van der Waals surface area contributed by atoms with Crippen LogP contribution in [-0.4, -0.2) is 21.3 Å². The van der Waals surface area contributed by atoms with Crippen molar-refractivity contribution < 1.29 is 9.47 Å². The maximum atomic E-state index is 5.48. The van der Waals surface area contributed by atoms with E-state index in [2.05, 4.69) is 12.2 Å². The Balaban J connectivity index is 2.83. The Kier molecular flexibility index (Phi) is 7.34. The number of benzene rings is 1. The average molecular weight is 265 g/mol. The van der Waals surface area contributed by atoms with Crippen LogP contribution in [-0.2, 0) is 0 Å². The van der Waals surface area contributed by atoms with Crippen LogP contribution < -0.4 is 14.8 Å². The molecule has 1 aromatic rings. The van der Waals surface area contributed by atoms with Crippen molar-refractivity contribution in [3.63, 3.8) is 0 Å². The Hall–Kier alpha value is -1.22. The van der Waals surface area contributed by atoms with E-state index in [0.29, 0.717) is 0 Å². The predicted molar refractivity (Wildman–Crippen MR) is 80.1 cm³/mol. The molecule has 108 valence electrons. The van der Waals surface area contributed by atoms with Gasteiger partial charge in [-0.1, -0.05) is 38.7 Å². The molecule has 0 spiro atoms. The molecule has 1 atom stereocenters. The van der Waals surface area contributed by atoms with Gasteiger partial charge in [0.1, 0.15) is 11.5 Å². The van der Waals surface area contributed by atoms with Crippen LogP contribution in [0.25, 0.3) is 0 Å². The molecule has 0 aliphatic rings. The predicted octanol–water partition coefficient (Wildman–Crippen LogP) is 3.93. The molecule has 0 aliphatic heterocycles. The van der Waals surface area contributed by atoms with Gasteiger partial charge in [-0.3, -0.25) is 0 Å². The highest BCUT2D eigenvalue weighted by atomic mass is 16.5. The minimum Gasteiger partial charge on any atom is -0.496 e. The first-order chi connectivity index (χ1) is 9.28. The van der Waals surface area contributed by atoms with E-state index in [1.165, 1.54) is 25.7 Å². The third kappa shape index (κ3) is 4.43. The van der Waals surface area contributed by atoms with Gasteiger partial charge in [-0.25, -0.2) is 0 Å². The number of unbranched alkanes of at least 4 members (excludes halogenated alkanes) is 3. The highest BCUT2D eigenvalue weighted by Gasteiger charge is 2.18. The van der Waals surface area contributed by atoms with E-state index in [1.54, 1.807) is 14.2 Å². The number of methoxy groups -OCH3 is 2. The summed E-state index contributed by atoms with van der Waals surface area (Å²) in [6.45, 7) is 2.23. The van der Waals surface area contributed by atoms with Crippen molar-refractivity contribution in [2.24, 2.45) is 0 Å². The van der Waals surface area contributed by atoms with Crippen molar-refractivity contribution in [3.05, 3.63) is 23.8 Å². The van der Waals surface area contributed by atoms with Crippen LogP contribution in [0.1, 0.15) is 50.6 Å². The van der Waals surface area contributed by atoms with Crippen molar-refractivity contribution in [1.82, 2.24) is 5.32 Å². The lowest BCUT2D eigenvalue weighted by molar-refractivity contribution is 0.367. The quantitative estimate of drug-likeness (QED) is 0.686. The summed E-state index contributed by atoms with van der Waals surface area (Å²) in [5, 5.41) is 3.38. The smallest absolute Gasteiger partial charge is 0.127 e. The first kappa shape index (κ1) is 15.8. The molecule has 0 amide bonds. The maximum Gasteiger partial charge on any atom is 0.127 e. The summed E-state index contributed by atoms with van der Waals surface area (Å²) in [6.07, 6.45) is 6.18. The molecule has 3 heteroatoms. The van der Waals surface area contributed by atoms with Gasteiger partial charge in [-0.15, -0.1) is 0 Å². The van der Waals surface area contributed by atoms with Gasteiger partial charge < -0.3 is 14.8 Å². The molecule has 1 unspecified atom stereocenters. The van der Waals surface area contributed by atoms with Crippen LogP contribution in [0.4, 0.5) is 0 Å². The summed E-state index contributed by atoms with van der Waals surface area (Å²) in [5.74, 6) is 1.79. The van der Waals surface area contributed by atoms with E-state index in [0.717, 1.165) is 23.5 Å². The normalized spacial score (nSPS) is 12.2. The first-order valence-electron chi connectivity index (χ1n) is 7.16. The van der Waals surface area contributed by atoms with Crippen LogP contribution in [0.15, 0.2) is 18.2 Å². The van der Waals surface area contributed by atoms with E-state index in [9.17, 15) is 0 Å². The fourth-order valence-corrected chi connectivity index (χ4v) is 2.43. The summed E-state index contributed by atoms with van der Waals surface area (Å²) in [5.41, 5.74) is 1.13. The summed E-state index contributed by atoms with van der Waals surface area (Å²) >= 11 is 0. The van der Waals surface area contributed by atoms with Gasteiger partial charge in [0.25, 0.3) is 0 Å². The number of rotatable bonds is 9. The Bertz CT molecular complexity index is 344. The van der Waals surface area contributed by atoms with Crippen LogP contribution in [0.3, 0.4) is 0 Å². The fourth-order valence-electron chi connectivity index (χ4n) is 2.43. The van der Waals surface area contributed by atoms with Gasteiger partial charge in [-0.2, -0.15) is 0 Å². The first-order valence-corrected chi connectivity index (χ1v) is 7.16. The zero-order valence-electron chi connectivity index (χ0n) is 12.7. The highest BCUT2D eigenvalue weighted by Crippen LogP contribution is 2.36. The van der Waals surface area contributed by atoms with Gasteiger partial charge in [0.05, 0.1) is 19.8 Å². The van der Waals surface area contributed by atoms with Crippen molar-refractivity contribution >= 4 is 0 Å². The molecule has 0 aromatic heterocycles. The number of hydrogen-bond donors (Lipinski definition) is 1. The SMILES string of the molecule is CCCCCCC(NC)c1c(OC)cccc1OC. The lowest BCUT2D eigenvalue weighted by atomic mass is 9.98. The van der Waals surface area contributed by atoms with Gasteiger partial charge >= 0.3 is 0 Å². The Morgan fingerprint density at radius 3 is 2.16 bits per heavy atom. The Morgan fingerprint density at radius 2 is 1.68 bits per heavy atom. The molecule has 0 saturated heterocycles. The second-order valence-electron chi connectivity index (χ2n) is 4.77. The molecule has 19 heavy (non-hydrogen) atoms. The van der Waals surface area contributed by atoms with E-state index in [4.69, 9.17) is 9.47 Å². The molecule has 0 saturated carbocycles. The number of hydrogen-bond acceptors (Lipinski definition) is 3. The van der Waals surface area contributed by atoms with Crippen LogP contribution in [0, 0.1) is 0 Å². The Morgan fingerprint density at radius 1 is 1.05 bits per heavy atom. The van der Waals surface area contributed by atoms with E-state index >= 15 is 0 Å². The summed E-state index contributed by atoms with van der Waals surface area (Å²) in [7, 11) is 5.42. The molecule has 0 fully saturated rings. The van der Waals surface area contributed by atoms with Crippen LogP contribution in [0.5, 0.6) is 11.5 Å². The van der Waals surface area contributed by atoms with Crippen LogP contribution in [0.2, 0.25) is 0 Å². The summed E-state index contributed by atoms with van der Waals surface area (Å²) in [4.78, 5) is 0. The van der Waals surface area contributed by atoms with Gasteiger partial charge in [-0.05, 0) is 25.6 Å². The molecule has 1 rings (SSSR count). The van der Waals surface area contributed by atoms with Gasteiger partial charge in [0.2, 0.25) is 0 Å². The Labute approximate surface area is 117 Å². The minimum atomic E-state index is 0.281. The van der Waals surface area contributed by atoms with E-state index < -0.39 is 0 Å². The molecule has 0 aliphatic carbocycles. The van der Waals surface area contributed by atoms with E-state index in [1.807, 2.05) is 25.2 Å². The zero-order chi connectivity index (χ0) is 14.1. The van der Waals surface area contributed by atoms with Gasteiger partial charge in [0.15, 0.2) is 0 Å². The van der Waals surface area contributed by atoms with Crippen molar-refractivity contribution in [2.75, 3.05) is 21.3 Å².